The molecule has 0 radical (unpaired) electrons. The van der Waals surface area contributed by atoms with Crippen molar-refractivity contribution in [2.75, 3.05) is 40.3 Å². The predicted octanol–water partition coefficient (Wildman–Crippen LogP) is 2.57. The highest BCUT2D eigenvalue weighted by Crippen LogP contribution is 2.31. The van der Waals surface area contributed by atoms with E-state index < -0.39 is 0 Å². The lowest BCUT2D eigenvalue weighted by atomic mass is 9.80. The summed E-state index contributed by atoms with van der Waals surface area (Å²) in [4.78, 5) is 4.60. The minimum absolute atomic E-state index is 0.00619. The Bertz CT molecular complexity index is 589. The van der Waals surface area contributed by atoms with E-state index in [1.807, 2.05) is 18.2 Å². The first-order chi connectivity index (χ1) is 10.6. The summed E-state index contributed by atoms with van der Waals surface area (Å²) < 4.78 is 5.94. The van der Waals surface area contributed by atoms with Crippen molar-refractivity contribution in [1.82, 2.24) is 9.80 Å². The van der Waals surface area contributed by atoms with Crippen LogP contribution in [0, 0.1) is 5.41 Å². The molecule has 4 heteroatoms. The molecule has 1 aromatic heterocycles. The van der Waals surface area contributed by atoms with E-state index in [0.29, 0.717) is 0 Å². The van der Waals surface area contributed by atoms with E-state index in [1.54, 1.807) is 0 Å². The molecule has 120 valence electrons. The van der Waals surface area contributed by atoms with Crippen molar-refractivity contribution in [1.29, 1.82) is 0 Å². The molecule has 2 aromatic rings. The molecule has 1 saturated heterocycles. The first-order valence-electron chi connectivity index (χ1n) is 8.06. The Morgan fingerprint density at radius 2 is 2.14 bits per heavy atom. The molecule has 1 aliphatic heterocycles. The first-order valence-corrected chi connectivity index (χ1v) is 8.06. The summed E-state index contributed by atoms with van der Waals surface area (Å²) >= 11 is 0. The normalized spacial score (nSPS) is 23.5. The number of fused-ring (bicyclic) bond motifs is 1. The number of piperidine rings is 1. The fourth-order valence-corrected chi connectivity index (χ4v) is 3.76. The van der Waals surface area contributed by atoms with Gasteiger partial charge in [0.05, 0.1) is 13.2 Å². The highest BCUT2D eigenvalue weighted by atomic mass is 16.3. The van der Waals surface area contributed by atoms with Gasteiger partial charge in [0.25, 0.3) is 0 Å². The molecule has 1 fully saturated rings. The zero-order valence-corrected chi connectivity index (χ0v) is 13.6. The van der Waals surface area contributed by atoms with Crippen LogP contribution in [0.3, 0.4) is 0 Å². The maximum atomic E-state index is 9.91. The molecule has 22 heavy (non-hydrogen) atoms. The first kappa shape index (κ1) is 15.5. The minimum atomic E-state index is -0.00619. The van der Waals surface area contributed by atoms with Gasteiger partial charge < -0.3 is 14.4 Å². The van der Waals surface area contributed by atoms with Gasteiger partial charge in [-0.25, -0.2) is 0 Å². The van der Waals surface area contributed by atoms with Gasteiger partial charge in [-0.1, -0.05) is 18.2 Å². The van der Waals surface area contributed by atoms with Crippen molar-refractivity contribution in [3.05, 3.63) is 36.1 Å². The van der Waals surface area contributed by atoms with Gasteiger partial charge in [-0.05, 0) is 45.6 Å². The molecule has 0 saturated carbocycles. The number of aliphatic hydroxyl groups is 1. The number of aliphatic hydroxyl groups excluding tert-OH is 1. The Balaban J connectivity index is 1.71. The van der Waals surface area contributed by atoms with Gasteiger partial charge in [0.2, 0.25) is 0 Å². The topological polar surface area (TPSA) is 39.9 Å². The molecule has 0 spiro atoms. The smallest absolute Gasteiger partial charge is 0.134 e. The van der Waals surface area contributed by atoms with Gasteiger partial charge in [0, 0.05) is 23.9 Å². The van der Waals surface area contributed by atoms with Crippen molar-refractivity contribution in [2.24, 2.45) is 5.41 Å². The monoisotopic (exact) mass is 302 g/mol. The third kappa shape index (κ3) is 3.35. The van der Waals surface area contributed by atoms with Crippen LogP contribution in [0.4, 0.5) is 0 Å². The molecule has 1 aromatic carbocycles. The third-order valence-corrected chi connectivity index (χ3v) is 4.58. The van der Waals surface area contributed by atoms with Gasteiger partial charge >= 0.3 is 0 Å². The second kappa shape index (κ2) is 6.41. The molecule has 0 bridgehead atoms. The zero-order valence-electron chi connectivity index (χ0n) is 13.6. The number of furan rings is 1. The maximum absolute atomic E-state index is 9.91. The highest BCUT2D eigenvalue weighted by Gasteiger charge is 2.35. The number of benzene rings is 1. The van der Waals surface area contributed by atoms with Crippen LogP contribution < -0.4 is 0 Å². The van der Waals surface area contributed by atoms with Crippen LogP contribution in [-0.4, -0.2) is 55.2 Å². The summed E-state index contributed by atoms with van der Waals surface area (Å²) in [6.45, 7) is 4.01. The lowest BCUT2D eigenvalue weighted by Crippen LogP contribution is -2.49. The number of para-hydroxylation sites is 1. The molecular formula is C18H26N2O2. The molecule has 3 rings (SSSR count). The quantitative estimate of drug-likeness (QED) is 0.921. The fourth-order valence-electron chi connectivity index (χ4n) is 3.76. The maximum Gasteiger partial charge on any atom is 0.134 e. The summed E-state index contributed by atoms with van der Waals surface area (Å²) in [5, 5.41) is 11.1. The van der Waals surface area contributed by atoms with Crippen LogP contribution in [0.5, 0.6) is 0 Å². The Morgan fingerprint density at radius 3 is 2.86 bits per heavy atom. The van der Waals surface area contributed by atoms with Gasteiger partial charge in [-0.15, -0.1) is 0 Å². The molecule has 0 amide bonds. The molecular weight excluding hydrogens is 276 g/mol. The molecule has 4 nitrogen and oxygen atoms in total. The van der Waals surface area contributed by atoms with Gasteiger partial charge in [0.1, 0.15) is 11.3 Å². The van der Waals surface area contributed by atoms with Crippen LogP contribution in [-0.2, 0) is 6.54 Å². The molecule has 0 aliphatic carbocycles. The molecule has 1 N–H and O–H groups in total. The van der Waals surface area contributed by atoms with E-state index >= 15 is 0 Å². The van der Waals surface area contributed by atoms with E-state index in [4.69, 9.17) is 4.42 Å². The van der Waals surface area contributed by atoms with Crippen LogP contribution in [0.1, 0.15) is 18.6 Å². The largest absolute Gasteiger partial charge is 0.460 e. The Kier molecular flexibility index (Phi) is 4.52. The van der Waals surface area contributed by atoms with Crippen molar-refractivity contribution in [3.63, 3.8) is 0 Å². The van der Waals surface area contributed by atoms with Crippen LogP contribution in [0.2, 0.25) is 0 Å². The Labute approximate surface area is 132 Å². The van der Waals surface area contributed by atoms with Gasteiger partial charge in [-0.2, -0.15) is 0 Å². The summed E-state index contributed by atoms with van der Waals surface area (Å²) in [7, 11) is 4.16. The predicted molar refractivity (Wildman–Crippen MR) is 88.8 cm³/mol. The van der Waals surface area contributed by atoms with E-state index in [0.717, 1.165) is 55.8 Å². The fraction of sp³-hybridized carbons (Fsp3) is 0.556. The molecule has 1 aliphatic rings. The van der Waals surface area contributed by atoms with Crippen molar-refractivity contribution in [2.45, 2.75) is 19.4 Å². The van der Waals surface area contributed by atoms with Gasteiger partial charge in [-0.3, -0.25) is 4.90 Å². The average molecular weight is 302 g/mol. The summed E-state index contributed by atoms with van der Waals surface area (Å²) in [5.74, 6) is 1.01. The number of nitrogens with zero attached hydrogens (tertiary/aromatic N) is 2. The Hall–Kier alpha value is -1.36. The van der Waals surface area contributed by atoms with E-state index in [9.17, 15) is 5.11 Å². The van der Waals surface area contributed by atoms with Crippen molar-refractivity contribution in [3.8, 4) is 0 Å². The SMILES string of the molecule is CN(C)C[C@@]1(CO)CCCN(Cc2cc3ccccc3o2)C1. The number of hydrogen-bond acceptors (Lipinski definition) is 4. The van der Waals surface area contributed by atoms with Crippen LogP contribution >= 0.6 is 0 Å². The highest BCUT2D eigenvalue weighted by molar-refractivity contribution is 5.77. The molecule has 2 heterocycles. The Morgan fingerprint density at radius 1 is 1.32 bits per heavy atom. The lowest BCUT2D eigenvalue weighted by molar-refractivity contribution is 0.00853. The minimum Gasteiger partial charge on any atom is -0.460 e. The van der Waals surface area contributed by atoms with Crippen LogP contribution in [0.25, 0.3) is 11.0 Å². The number of likely N-dealkylation sites (tertiary alicyclic amines) is 1. The van der Waals surface area contributed by atoms with E-state index in [-0.39, 0.29) is 12.0 Å². The summed E-state index contributed by atoms with van der Waals surface area (Å²) in [6.07, 6.45) is 2.23. The van der Waals surface area contributed by atoms with Gasteiger partial charge in [0.15, 0.2) is 0 Å². The third-order valence-electron chi connectivity index (χ3n) is 4.58. The van der Waals surface area contributed by atoms with Crippen molar-refractivity contribution < 1.29 is 9.52 Å². The lowest BCUT2D eigenvalue weighted by Gasteiger charge is -2.43. The molecule has 1 atom stereocenters. The number of hydrogen-bond donors (Lipinski definition) is 1. The standard InChI is InChI=1S/C18H26N2O2/c1-19(2)12-18(14-21)8-5-9-20(13-18)11-16-10-15-6-3-4-7-17(15)22-16/h3-4,6-7,10,21H,5,8-9,11-14H2,1-2H3/t18-/m0/s1. The van der Waals surface area contributed by atoms with E-state index in [2.05, 4.69) is 36.0 Å². The van der Waals surface area contributed by atoms with E-state index in [1.165, 1.54) is 0 Å². The molecule has 0 unspecified atom stereocenters. The second-order valence-corrected chi connectivity index (χ2v) is 6.96. The second-order valence-electron chi connectivity index (χ2n) is 6.96. The van der Waals surface area contributed by atoms with Crippen molar-refractivity contribution >= 4 is 11.0 Å². The summed E-state index contributed by atoms with van der Waals surface area (Å²) in [5.41, 5.74) is 0.949. The zero-order chi connectivity index (χ0) is 15.6. The summed E-state index contributed by atoms with van der Waals surface area (Å²) in [6, 6.07) is 10.3. The average Bonchev–Trinajstić information content (AvgIpc) is 2.89. The number of rotatable bonds is 5. The van der Waals surface area contributed by atoms with Crippen LogP contribution in [0.15, 0.2) is 34.7 Å².